The molecule has 0 aliphatic rings. The highest BCUT2D eigenvalue weighted by Gasteiger charge is 1.96. The van der Waals surface area contributed by atoms with E-state index < -0.39 is 0 Å². The highest BCUT2D eigenvalue weighted by Crippen LogP contribution is 2.19. The van der Waals surface area contributed by atoms with E-state index in [4.69, 9.17) is 0 Å². The molecule has 0 spiro atoms. The van der Waals surface area contributed by atoms with Crippen LogP contribution in [0.1, 0.15) is 5.82 Å². The molecule has 0 aliphatic carbocycles. The van der Waals surface area contributed by atoms with Gasteiger partial charge in [0.1, 0.15) is 5.82 Å². The largest absolute Gasteiger partial charge is 0.378 e. The third kappa shape index (κ3) is 2.76. The van der Waals surface area contributed by atoms with Crippen molar-refractivity contribution in [2.75, 3.05) is 11.6 Å². The van der Waals surface area contributed by atoms with E-state index in [1.54, 1.807) is 18.0 Å². The molecule has 0 bridgehead atoms. The summed E-state index contributed by atoms with van der Waals surface area (Å²) >= 11 is 1.74. The molecule has 0 unspecified atom stereocenters. The number of nitrogens with zero attached hydrogens (tertiary/aromatic N) is 1. The van der Waals surface area contributed by atoms with Crippen molar-refractivity contribution in [1.29, 1.82) is 0 Å². The lowest BCUT2D eigenvalue weighted by atomic mass is 10.3. The van der Waals surface area contributed by atoms with Crippen LogP contribution in [0.15, 0.2) is 41.6 Å². The van der Waals surface area contributed by atoms with E-state index in [1.807, 2.05) is 6.20 Å². The number of H-pyrrole nitrogens is 1. The molecule has 2 rings (SSSR count). The molecule has 0 radical (unpaired) electrons. The van der Waals surface area contributed by atoms with Gasteiger partial charge in [0, 0.05) is 23.0 Å². The molecule has 0 amide bonds. The van der Waals surface area contributed by atoms with Crippen LogP contribution in [0.2, 0.25) is 0 Å². The lowest BCUT2D eigenvalue weighted by molar-refractivity contribution is 0.999. The summed E-state index contributed by atoms with van der Waals surface area (Å²) in [6.07, 6.45) is 5.66. The SMILES string of the molecule is CSc1cccc(NCc2ncc[nH]2)c1. The molecule has 0 saturated heterocycles. The van der Waals surface area contributed by atoms with Crippen LogP contribution in [-0.4, -0.2) is 16.2 Å². The molecule has 1 heterocycles. The molecule has 0 atom stereocenters. The third-order valence-electron chi connectivity index (χ3n) is 2.08. The molecule has 1 aromatic carbocycles. The van der Waals surface area contributed by atoms with Crippen LogP contribution in [0, 0.1) is 0 Å². The quantitative estimate of drug-likeness (QED) is 0.777. The number of anilines is 1. The maximum Gasteiger partial charge on any atom is 0.125 e. The van der Waals surface area contributed by atoms with E-state index in [0.717, 1.165) is 18.1 Å². The van der Waals surface area contributed by atoms with Gasteiger partial charge in [0.25, 0.3) is 0 Å². The first-order valence-corrected chi connectivity index (χ1v) is 5.97. The topological polar surface area (TPSA) is 40.7 Å². The smallest absolute Gasteiger partial charge is 0.125 e. The first kappa shape index (κ1) is 10.1. The second kappa shape index (κ2) is 4.89. The summed E-state index contributed by atoms with van der Waals surface area (Å²) in [5.41, 5.74) is 1.12. The Bertz CT molecular complexity index is 412. The van der Waals surface area contributed by atoms with Crippen molar-refractivity contribution in [3.63, 3.8) is 0 Å². The van der Waals surface area contributed by atoms with Gasteiger partial charge in [-0.3, -0.25) is 0 Å². The van der Waals surface area contributed by atoms with Crippen molar-refractivity contribution >= 4 is 17.4 Å². The van der Waals surface area contributed by atoms with E-state index >= 15 is 0 Å². The van der Waals surface area contributed by atoms with Crippen LogP contribution < -0.4 is 5.32 Å². The zero-order chi connectivity index (χ0) is 10.5. The first-order valence-electron chi connectivity index (χ1n) is 4.74. The summed E-state index contributed by atoms with van der Waals surface area (Å²) in [6.45, 7) is 0.727. The van der Waals surface area contributed by atoms with Gasteiger partial charge in [0.15, 0.2) is 0 Å². The fraction of sp³-hybridized carbons (Fsp3) is 0.182. The highest BCUT2D eigenvalue weighted by molar-refractivity contribution is 7.98. The molecule has 2 N–H and O–H groups in total. The zero-order valence-corrected chi connectivity index (χ0v) is 9.34. The Morgan fingerprint density at radius 2 is 2.40 bits per heavy atom. The van der Waals surface area contributed by atoms with Crippen LogP contribution in [0.3, 0.4) is 0 Å². The van der Waals surface area contributed by atoms with E-state index in [1.165, 1.54) is 4.90 Å². The summed E-state index contributed by atoms with van der Waals surface area (Å²) in [6, 6.07) is 8.34. The average molecular weight is 219 g/mol. The van der Waals surface area contributed by atoms with Crippen LogP contribution in [-0.2, 0) is 6.54 Å². The van der Waals surface area contributed by atoms with Crippen molar-refractivity contribution in [2.24, 2.45) is 0 Å². The Kier molecular flexibility index (Phi) is 3.29. The summed E-state index contributed by atoms with van der Waals surface area (Å²) in [4.78, 5) is 8.47. The summed E-state index contributed by atoms with van der Waals surface area (Å²) in [5, 5.41) is 3.31. The Balaban J connectivity index is 1.98. The van der Waals surface area contributed by atoms with Crippen molar-refractivity contribution < 1.29 is 0 Å². The average Bonchev–Trinajstić information content (AvgIpc) is 2.79. The molecule has 3 nitrogen and oxygen atoms in total. The Morgan fingerprint density at radius 1 is 1.47 bits per heavy atom. The molecule has 4 heteroatoms. The molecule has 0 aliphatic heterocycles. The number of aromatic nitrogens is 2. The van der Waals surface area contributed by atoms with Crippen molar-refractivity contribution in [1.82, 2.24) is 9.97 Å². The molecular weight excluding hydrogens is 206 g/mol. The Morgan fingerprint density at radius 3 is 3.13 bits per heavy atom. The lowest BCUT2D eigenvalue weighted by Gasteiger charge is -2.05. The molecule has 1 aromatic heterocycles. The van der Waals surface area contributed by atoms with Crippen molar-refractivity contribution in [3.05, 3.63) is 42.5 Å². The minimum Gasteiger partial charge on any atom is -0.378 e. The van der Waals surface area contributed by atoms with Gasteiger partial charge < -0.3 is 10.3 Å². The fourth-order valence-corrected chi connectivity index (χ4v) is 1.77. The standard InChI is InChI=1S/C11H13N3S/c1-15-10-4-2-3-9(7-10)14-8-11-12-5-6-13-11/h2-7,14H,8H2,1H3,(H,12,13). The number of hydrogen-bond donors (Lipinski definition) is 2. The molecule has 2 aromatic rings. The third-order valence-corrected chi connectivity index (χ3v) is 2.81. The number of thioether (sulfide) groups is 1. The molecule has 0 fully saturated rings. The fourth-order valence-electron chi connectivity index (χ4n) is 1.31. The normalized spacial score (nSPS) is 10.2. The van der Waals surface area contributed by atoms with Gasteiger partial charge in [-0.2, -0.15) is 0 Å². The highest BCUT2D eigenvalue weighted by atomic mass is 32.2. The predicted octanol–water partition coefficient (Wildman–Crippen LogP) is 2.74. The maximum atomic E-state index is 4.15. The van der Waals surface area contributed by atoms with Crippen LogP contribution >= 0.6 is 11.8 Å². The van der Waals surface area contributed by atoms with Crippen LogP contribution in [0.4, 0.5) is 5.69 Å². The number of rotatable bonds is 4. The van der Waals surface area contributed by atoms with E-state index in [0.29, 0.717) is 0 Å². The predicted molar refractivity (Wildman–Crippen MR) is 64.1 cm³/mol. The van der Waals surface area contributed by atoms with Gasteiger partial charge in [-0.1, -0.05) is 6.07 Å². The Labute approximate surface area is 93.3 Å². The number of benzene rings is 1. The van der Waals surface area contributed by atoms with Crippen molar-refractivity contribution in [3.8, 4) is 0 Å². The summed E-state index contributed by atoms with van der Waals surface area (Å²) < 4.78 is 0. The minimum absolute atomic E-state index is 0.727. The van der Waals surface area contributed by atoms with Gasteiger partial charge in [0.2, 0.25) is 0 Å². The first-order chi connectivity index (χ1) is 7.38. The van der Waals surface area contributed by atoms with E-state index in [-0.39, 0.29) is 0 Å². The van der Waals surface area contributed by atoms with Gasteiger partial charge in [-0.25, -0.2) is 4.98 Å². The number of nitrogens with one attached hydrogen (secondary N) is 2. The second-order valence-corrected chi connectivity index (χ2v) is 4.00. The zero-order valence-electron chi connectivity index (χ0n) is 8.53. The summed E-state index contributed by atoms with van der Waals surface area (Å²) in [7, 11) is 0. The van der Waals surface area contributed by atoms with Crippen molar-refractivity contribution in [2.45, 2.75) is 11.4 Å². The molecule has 15 heavy (non-hydrogen) atoms. The van der Waals surface area contributed by atoms with Crippen LogP contribution in [0.5, 0.6) is 0 Å². The van der Waals surface area contributed by atoms with Gasteiger partial charge in [-0.15, -0.1) is 11.8 Å². The molecule has 0 saturated carbocycles. The van der Waals surface area contributed by atoms with Gasteiger partial charge in [0.05, 0.1) is 6.54 Å². The minimum atomic E-state index is 0.727. The maximum absolute atomic E-state index is 4.15. The molecule has 78 valence electrons. The van der Waals surface area contributed by atoms with Gasteiger partial charge >= 0.3 is 0 Å². The van der Waals surface area contributed by atoms with E-state index in [2.05, 4.69) is 45.8 Å². The second-order valence-electron chi connectivity index (χ2n) is 3.12. The summed E-state index contributed by atoms with van der Waals surface area (Å²) in [5.74, 6) is 0.949. The molecular formula is C11H13N3S. The number of imidazole rings is 1. The lowest BCUT2D eigenvalue weighted by Crippen LogP contribution is -2.00. The monoisotopic (exact) mass is 219 g/mol. The van der Waals surface area contributed by atoms with Gasteiger partial charge in [-0.05, 0) is 24.5 Å². The van der Waals surface area contributed by atoms with E-state index in [9.17, 15) is 0 Å². The number of aromatic amines is 1. The number of hydrogen-bond acceptors (Lipinski definition) is 3. The van der Waals surface area contributed by atoms with Crippen LogP contribution in [0.25, 0.3) is 0 Å². The Hall–Kier alpha value is -1.42.